The molecule has 0 radical (unpaired) electrons. The van der Waals surface area contributed by atoms with E-state index in [1.54, 1.807) is 0 Å². The number of nitrogens with zero attached hydrogens (tertiary/aromatic N) is 2. The summed E-state index contributed by atoms with van der Waals surface area (Å²) in [6.45, 7) is 0.973. The van der Waals surface area contributed by atoms with Crippen LogP contribution in [0, 0.1) is 6.92 Å². The van der Waals surface area contributed by atoms with Gasteiger partial charge in [0.2, 0.25) is 0 Å². The molecular weight excluding hydrogens is 219 g/mol. The zero-order valence-electron chi connectivity index (χ0n) is 6.87. The maximum absolute atomic E-state index is 11.9. The van der Waals surface area contributed by atoms with Gasteiger partial charge in [-0.3, -0.25) is 4.68 Å². The number of alkyl halides is 1. The average molecular weight is 227 g/mol. The van der Waals surface area contributed by atoms with Gasteiger partial charge in [0.1, 0.15) is 11.6 Å². The van der Waals surface area contributed by atoms with Crippen LogP contribution < -0.4 is 0 Å². The van der Waals surface area contributed by atoms with Crippen molar-refractivity contribution in [3.63, 3.8) is 0 Å². The summed E-state index contributed by atoms with van der Waals surface area (Å²) in [6, 6.07) is 0. The molecule has 0 fully saturated rings. The first-order chi connectivity index (χ1) is 5.96. The fourth-order valence-electron chi connectivity index (χ4n) is 0.974. The first-order valence-electron chi connectivity index (χ1n) is 3.50. The quantitative estimate of drug-likeness (QED) is 0.725. The summed E-state index contributed by atoms with van der Waals surface area (Å²) in [5.41, 5.74) is 0.354. The zero-order valence-corrected chi connectivity index (χ0v) is 8.44. The Morgan fingerprint density at radius 3 is 2.69 bits per heavy atom. The van der Waals surface area contributed by atoms with Crippen LogP contribution in [0.15, 0.2) is 11.1 Å². The van der Waals surface area contributed by atoms with Crippen molar-refractivity contribution in [2.45, 2.75) is 18.4 Å². The van der Waals surface area contributed by atoms with Crippen LogP contribution in [0.4, 0.5) is 4.39 Å². The first-order valence-corrected chi connectivity index (χ1v) is 5.81. The van der Waals surface area contributed by atoms with Crippen LogP contribution in [-0.2, 0) is 15.6 Å². The van der Waals surface area contributed by atoms with E-state index in [9.17, 15) is 12.8 Å². The van der Waals surface area contributed by atoms with Crippen LogP contribution in [0.3, 0.4) is 0 Å². The third-order valence-corrected chi connectivity index (χ3v) is 3.04. The van der Waals surface area contributed by atoms with Crippen LogP contribution >= 0.6 is 10.7 Å². The van der Waals surface area contributed by atoms with Gasteiger partial charge in [-0.15, -0.1) is 0 Å². The monoisotopic (exact) mass is 226 g/mol. The number of aryl methyl sites for hydroxylation is 1. The normalized spacial score (nSPS) is 11.9. The van der Waals surface area contributed by atoms with E-state index in [4.69, 9.17) is 10.7 Å². The fraction of sp³-hybridized carbons (Fsp3) is 0.500. The molecule has 13 heavy (non-hydrogen) atoms. The van der Waals surface area contributed by atoms with E-state index < -0.39 is 15.7 Å². The molecule has 1 rings (SSSR count). The molecule has 0 spiro atoms. The first kappa shape index (κ1) is 10.5. The van der Waals surface area contributed by atoms with Gasteiger partial charge in [0.25, 0.3) is 9.05 Å². The summed E-state index contributed by atoms with van der Waals surface area (Å²) < 4.78 is 35.0. The van der Waals surface area contributed by atoms with Crippen LogP contribution in [-0.4, -0.2) is 24.9 Å². The molecule has 74 valence electrons. The predicted octanol–water partition coefficient (Wildman–Crippen LogP) is 1.09. The van der Waals surface area contributed by atoms with Gasteiger partial charge in [-0.1, -0.05) is 0 Å². The fourth-order valence-corrected chi connectivity index (χ4v) is 2.06. The van der Waals surface area contributed by atoms with Crippen LogP contribution in [0.5, 0.6) is 0 Å². The Hall–Kier alpha value is -0.620. The molecule has 0 aliphatic rings. The molecule has 1 aromatic rings. The molecule has 0 aromatic carbocycles. The van der Waals surface area contributed by atoms with Gasteiger partial charge in [0.05, 0.1) is 18.4 Å². The summed E-state index contributed by atoms with van der Waals surface area (Å²) in [5.74, 6) is 0. The molecule has 0 saturated carbocycles. The Kier molecular flexibility index (Phi) is 2.92. The number of rotatable bonds is 3. The standard InChI is InChI=1S/C6H8ClFN2O2S/c1-5-6(13(7,11)12)4-9-10(5)3-2-8/h4H,2-3H2,1H3. The van der Waals surface area contributed by atoms with Gasteiger partial charge in [-0.05, 0) is 6.92 Å². The summed E-state index contributed by atoms with van der Waals surface area (Å²) in [7, 11) is 1.34. The zero-order chi connectivity index (χ0) is 10.1. The van der Waals surface area contributed by atoms with Gasteiger partial charge in [0, 0.05) is 10.7 Å². The van der Waals surface area contributed by atoms with Gasteiger partial charge in [0.15, 0.2) is 0 Å². The van der Waals surface area contributed by atoms with Gasteiger partial charge < -0.3 is 0 Å². The molecule has 0 amide bonds. The molecule has 1 aromatic heterocycles. The molecule has 0 aliphatic carbocycles. The summed E-state index contributed by atoms with van der Waals surface area (Å²) in [4.78, 5) is -0.0670. The molecule has 0 unspecified atom stereocenters. The van der Waals surface area contributed by atoms with Crippen LogP contribution in [0.1, 0.15) is 5.69 Å². The van der Waals surface area contributed by atoms with E-state index in [0.29, 0.717) is 5.69 Å². The predicted molar refractivity (Wildman–Crippen MR) is 46.0 cm³/mol. The van der Waals surface area contributed by atoms with Crippen molar-refractivity contribution in [3.8, 4) is 0 Å². The summed E-state index contributed by atoms with van der Waals surface area (Å²) >= 11 is 0. The van der Waals surface area contributed by atoms with Crippen molar-refractivity contribution in [2.75, 3.05) is 6.67 Å². The van der Waals surface area contributed by atoms with E-state index in [2.05, 4.69) is 5.10 Å². The Morgan fingerprint density at radius 1 is 1.69 bits per heavy atom. The van der Waals surface area contributed by atoms with E-state index in [1.807, 2.05) is 0 Å². The van der Waals surface area contributed by atoms with Crippen LogP contribution in [0.25, 0.3) is 0 Å². The number of aromatic nitrogens is 2. The SMILES string of the molecule is Cc1c(S(=O)(=O)Cl)cnn1CCF. The highest BCUT2D eigenvalue weighted by atomic mass is 35.7. The molecule has 0 N–H and O–H groups in total. The Labute approximate surface area is 79.7 Å². The maximum Gasteiger partial charge on any atom is 0.264 e. The Morgan fingerprint density at radius 2 is 2.31 bits per heavy atom. The number of hydrogen-bond donors (Lipinski definition) is 0. The summed E-state index contributed by atoms with van der Waals surface area (Å²) in [5, 5.41) is 3.68. The van der Waals surface area contributed by atoms with Gasteiger partial charge >= 0.3 is 0 Å². The number of halogens is 2. The second-order valence-electron chi connectivity index (χ2n) is 2.44. The van der Waals surface area contributed by atoms with Crippen LogP contribution in [0.2, 0.25) is 0 Å². The molecule has 0 aliphatic heterocycles. The molecule has 0 saturated heterocycles. The van der Waals surface area contributed by atoms with E-state index >= 15 is 0 Å². The lowest BCUT2D eigenvalue weighted by atomic mass is 10.5. The number of hydrogen-bond acceptors (Lipinski definition) is 3. The smallest absolute Gasteiger partial charge is 0.264 e. The highest BCUT2D eigenvalue weighted by Crippen LogP contribution is 2.18. The second-order valence-corrected chi connectivity index (χ2v) is 4.98. The maximum atomic E-state index is 11.9. The third-order valence-electron chi connectivity index (χ3n) is 1.62. The average Bonchev–Trinajstić information content (AvgIpc) is 2.32. The highest BCUT2D eigenvalue weighted by molar-refractivity contribution is 8.13. The van der Waals surface area contributed by atoms with E-state index in [0.717, 1.165) is 6.20 Å². The lowest BCUT2D eigenvalue weighted by Crippen LogP contribution is -2.04. The largest absolute Gasteiger partial charge is 0.266 e. The minimum Gasteiger partial charge on any atom is -0.266 e. The molecule has 7 heteroatoms. The molecular formula is C6H8ClFN2O2S. The second kappa shape index (κ2) is 3.63. The van der Waals surface area contributed by atoms with Gasteiger partial charge in [-0.2, -0.15) is 5.10 Å². The van der Waals surface area contributed by atoms with Crippen molar-refractivity contribution in [1.82, 2.24) is 9.78 Å². The van der Waals surface area contributed by atoms with Crippen molar-refractivity contribution in [2.24, 2.45) is 0 Å². The lowest BCUT2D eigenvalue weighted by molar-refractivity contribution is 0.422. The molecule has 0 atom stereocenters. The minimum atomic E-state index is -3.76. The highest BCUT2D eigenvalue weighted by Gasteiger charge is 2.17. The van der Waals surface area contributed by atoms with Crippen molar-refractivity contribution in [1.29, 1.82) is 0 Å². The topological polar surface area (TPSA) is 52.0 Å². The lowest BCUT2D eigenvalue weighted by Gasteiger charge is -1.99. The van der Waals surface area contributed by atoms with Crippen molar-refractivity contribution >= 4 is 19.7 Å². The van der Waals surface area contributed by atoms with E-state index in [-0.39, 0.29) is 11.4 Å². The summed E-state index contributed by atoms with van der Waals surface area (Å²) in [6.07, 6.45) is 1.12. The molecule has 1 heterocycles. The minimum absolute atomic E-state index is 0.0399. The van der Waals surface area contributed by atoms with Gasteiger partial charge in [-0.25, -0.2) is 12.8 Å². The van der Waals surface area contributed by atoms with E-state index in [1.165, 1.54) is 11.6 Å². The molecule has 0 bridgehead atoms. The van der Waals surface area contributed by atoms with Crippen molar-refractivity contribution in [3.05, 3.63) is 11.9 Å². The Balaban J connectivity index is 3.14. The third kappa shape index (κ3) is 2.19. The molecule has 4 nitrogen and oxygen atoms in total. The Bertz CT molecular complexity index is 401. The van der Waals surface area contributed by atoms with Crippen molar-refractivity contribution < 1.29 is 12.8 Å².